The zero-order valence-electron chi connectivity index (χ0n) is 19.8. The van der Waals surface area contributed by atoms with Crippen LogP contribution in [0, 0.1) is 5.82 Å². The van der Waals surface area contributed by atoms with Gasteiger partial charge >= 0.3 is 5.69 Å². The molecule has 8 nitrogen and oxygen atoms in total. The van der Waals surface area contributed by atoms with Gasteiger partial charge in [-0.25, -0.2) is 9.18 Å². The van der Waals surface area contributed by atoms with Gasteiger partial charge in [-0.3, -0.25) is 18.9 Å². The largest absolute Gasteiger partial charge is 0.490 e. The number of amides is 1. The van der Waals surface area contributed by atoms with Gasteiger partial charge in [-0.05, 0) is 61.4 Å². The number of rotatable bonds is 6. The Bertz CT molecular complexity index is 1490. The summed E-state index contributed by atoms with van der Waals surface area (Å²) in [5.74, 6) is 0.0733. The number of benzene rings is 2. The molecule has 0 saturated carbocycles. The highest BCUT2D eigenvalue weighted by Crippen LogP contribution is 2.34. The zero-order chi connectivity index (χ0) is 25.2. The van der Waals surface area contributed by atoms with Crippen molar-refractivity contribution in [2.75, 3.05) is 20.2 Å². The Morgan fingerprint density at radius 3 is 2.72 bits per heavy atom. The summed E-state index contributed by atoms with van der Waals surface area (Å²) < 4.78 is 28.3. The molecule has 36 heavy (non-hydrogen) atoms. The van der Waals surface area contributed by atoms with Gasteiger partial charge in [0.25, 0.3) is 0 Å². The first kappa shape index (κ1) is 23.3. The Hall–Kier alpha value is -4.40. The topological polar surface area (TPSA) is 78.6 Å². The van der Waals surface area contributed by atoms with Crippen molar-refractivity contribution in [3.05, 3.63) is 89.9 Å². The van der Waals surface area contributed by atoms with Crippen LogP contribution < -0.4 is 15.2 Å². The molecular weight excluding hydrogens is 463 g/mol. The minimum atomic E-state index is -0.519. The Kier molecular flexibility index (Phi) is 6.28. The number of carbonyl (C=O) groups excluding carboxylic acids is 1. The molecule has 1 amide bonds. The molecule has 0 radical (unpaired) electrons. The zero-order valence-corrected chi connectivity index (χ0v) is 19.8. The first-order chi connectivity index (χ1) is 17.5. The lowest BCUT2D eigenvalue weighted by Crippen LogP contribution is -2.42. The molecule has 9 heteroatoms. The number of pyridine rings is 1. The van der Waals surface area contributed by atoms with E-state index in [4.69, 9.17) is 9.47 Å². The standard InChI is InChI=1S/C27H25FN4O4/c1-3-25(33)30-15-5-6-19(17-30)32-22-13-14-29-16-23(22)31(27(32)34)18-9-11-20(12-10-18)36-24-8-4-7-21(28)26(24)35-2/h3-4,7-14,16,19H,1,5-6,15,17H2,2H3. The number of piperidine rings is 1. The molecule has 1 saturated heterocycles. The number of hydrogen-bond acceptors (Lipinski definition) is 5. The predicted octanol–water partition coefficient (Wildman–Crippen LogP) is 4.48. The Labute approximate surface area is 206 Å². The second-order valence-corrected chi connectivity index (χ2v) is 8.50. The van der Waals surface area contributed by atoms with E-state index < -0.39 is 5.82 Å². The lowest BCUT2D eigenvalue weighted by atomic mass is 10.1. The van der Waals surface area contributed by atoms with E-state index in [1.165, 1.54) is 25.3 Å². The molecule has 1 aliphatic heterocycles. The number of methoxy groups -OCH3 is 1. The van der Waals surface area contributed by atoms with Crippen molar-refractivity contribution < 1.29 is 18.7 Å². The molecule has 1 atom stereocenters. The van der Waals surface area contributed by atoms with E-state index in [2.05, 4.69) is 11.6 Å². The monoisotopic (exact) mass is 488 g/mol. The summed E-state index contributed by atoms with van der Waals surface area (Å²) in [5, 5.41) is 0. The smallest absolute Gasteiger partial charge is 0.334 e. The second-order valence-electron chi connectivity index (χ2n) is 8.50. The van der Waals surface area contributed by atoms with Crippen LogP contribution in [0.15, 0.2) is 78.4 Å². The SMILES string of the molecule is C=CC(=O)N1CCCC(n2c(=O)n(-c3ccc(Oc4cccc(F)c4OC)cc3)c3cnccc32)C1. The number of para-hydroxylation sites is 1. The van der Waals surface area contributed by atoms with E-state index in [0.717, 1.165) is 18.4 Å². The van der Waals surface area contributed by atoms with Crippen LogP contribution in [-0.2, 0) is 4.79 Å². The molecular formula is C27H25FN4O4. The van der Waals surface area contributed by atoms with Crippen molar-refractivity contribution in [1.29, 1.82) is 0 Å². The van der Waals surface area contributed by atoms with Crippen LogP contribution in [0.3, 0.4) is 0 Å². The minimum Gasteiger partial charge on any atom is -0.490 e. The molecule has 184 valence electrons. The van der Waals surface area contributed by atoms with Crippen LogP contribution in [0.2, 0.25) is 0 Å². The highest BCUT2D eigenvalue weighted by molar-refractivity contribution is 5.87. The highest BCUT2D eigenvalue weighted by Gasteiger charge is 2.27. The summed E-state index contributed by atoms with van der Waals surface area (Å²) in [6, 6.07) is 13.0. The fourth-order valence-corrected chi connectivity index (χ4v) is 4.72. The Morgan fingerprint density at radius 2 is 1.97 bits per heavy atom. The van der Waals surface area contributed by atoms with E-state index in [1.54, 1.807) is 56.8 Å². The molecule has 4 aromatic rings. The third-order valence-electron chi connectivity index (χ3n) is 6.38. The molecule has 1 unspecified atom stereocenters. The fourth-order valence-electron chi connectivity index (χ4n) is 4.72. The molecule has 2 aromatic carbocycles. The first-order valence-electron chi connectivity index (χ1n) is 11.6. The number of hydrogen-bond donors (Lipinski definition) is 0. The predicted molar refractivity (Wildman–Crippen MR) is 133 cm³/mol. The van der Waals surface area contributed by atoms with Crippen LogP contribution in [0.4, 0.5) is 4.39 Å². The number of nitrogens with zero attached hydrogens (tertiary/aromatic N) is 4. The van der Waals surface area contributed by atoms with Crippen molar-refractivity contribution >= 4 is 16.9 Å². The highest BCUT2D eigenvalue weighted by atomic mass is 19.1. The van der Waals surface area contributed by atoms with Crippen molar-refractivity contribution in [3.8, 4) is 22.9 Å². The van der Waals surface area contributed by atoms with Crippen LogP contribution >= 0.6 is 0 Å². The third kappa shape index (κ3) is 4.13. The number of carbonyl (C=O) groups is 1. The van der Waals surface area contributed by atoms with E-state index in [1.807, 2.05) is 6.07 Å². The number of likely N-dealkylation sites (tertiary alicyclic amines) is 1. The van der Waals surface area contributed by atoms with Gasteiger partial charge < -0.3 is 14.4 Å². The van der Waals surface area contributed by atoms with Crippen molar-refractivity contribution in [2.45, 2.75) is 18.9 Å². The number of fused-ring (bicyclic) bond motifs is 1. The average Bonchev–Trinajstić information content (AvgIpc) is 3.20. The lowest BCUT2D eigenvalue weighted by molar-refractivity contribution is -0.127. The van der Waals surface area contributed by atoms with Crippen LogP contribution in [-0.4, -0.2) is 45.1 Å². The van der Waals surface area contributed by atoms with Crippen LogP contribution in [0.1, 0.15) is 18.9 Å². The summed E-state index contributed by atoms with van der Waals surface area (Å²) in [4.78, 5) is 31.9. The van der Waals surface area contributed by atoms with E-state index >= 15 is 0 Å². The number of ether oxygens (including phenoxy) is 2. The summed E-state index contributed by atoms with van der Waals surface area (Å²) in [6.45, 7) is 4.67. The number of halogens is 1. The van der Waals surface area contributed by atoms with Gasteiger partial charge in [-0.1, -0.05) is 12.6 Å². The normalized spacial score (nSPS) is 15.6. The summed E-state index contributed by atoms with van der Waals surface area (Å²) >= 11 is 0. The summed E-state index contributed by atoms with van der Waals surface area (Å²) in [5.41, 5.74) is 1.83. The summed E-state index contributed by atoms with van der Waals surface area (Å²) in [6.07, 6.45) is 6.20. The maximum atomic E-state index is 14.0. The second kappa shape index (κ2) is 9.69. The van der Waals surface area contributed by atoms with Gasteiger partial charge in [0, 0.05) is 19.3 Å². The maximum Gasteiger partial charge on any atom is 0.334 e. The molecule has 0 spiro atoms. The van der Waals surface area contributed by atoms with Gasteiger partial charge in [-0.15, -0.1) is 0 Å². The molecule has 2 aromatic heterocycles. The van der Waals surface area contributed by atoms with Gasteiger partial charge in [0.2, 0.25) is 5.91 Å². The maximum absolute atomic E-state index is 14.0. The average molecular weight is 489 g/mol. The Morgan fingerprint density at radius 1 is 1.17 bits per heavy atom. The molecule has 5 rings (SSSR count). The third-order valence-corrected chi connectivity index (χ3v) is 6.38. The van der Waals surface area contributed by atoms with E-state index in [0.29, 0.717) is 30.0 Å². The quantitative estimate of drug-likeness (QED) is 0.374. The molecule has 0 aliphatic carbocycles. The summed E-state index contributed by atoms with van der Waals surface area (Å²) in [7, 11) is 1.38. The van der Waals surface area contributed by atoms with Gasteiger partial charge in [0.1, 0.15) is 5.75 Å². The van der Waals surface area contributed by atoms with E-state index in [-0.39, 0.29) is 29.1 Å². The minimum absolute atomic E-state index is 0.0170. The number of imidazole rings is 1. The van der Waals surface area contributed by atoms with Gasteiger partial charge in [-0.2, -0.15) is 0 Å². The lowest BCUT2D eigenvalue weighted by Gasteiger charge is -2.32. The van der Waals surface area contributed by atoms with E-state index in [9.17, 15) is 14.0 Å². The molecule has 3 heterocycles. The molecule has 1 aliphatic rings. The van der Waals surface area contributed by atoms with Crippen LogP contribution in [0.5, 0.6) is 17.2 Å². The molecule has 0 N–H and O–H groups in total. The fraction of sp³-hybridized carbons (Fsp3) is 0.222. The molecule has 1 fully saturated rings. The van der Waals surface area contributed by atoms with Gasteiger partial charge in [0.05, 0.1) is 36.1 Å². The first-order valence-corrected chi connectivity index (χ1v) is 11.6. The van der Waals surface area contributed by atoms with Crippen molar-refractivity contribution in [2.24, 2.45) is 0 Å². The van der Waals surface area contributed by atoms with Gasteiger partial charge in [0.15, 0.2) is 17.3 Å². The molecule has 0 bridgehead atoms. The van der Waals surface area contributed by atoms with Crippen molar-refractivity contribution in [3.63, 3.8) is 0 Å². The number of aromatic nitrogens is 3. The van der Waals surface area contributed by atoms with Crippen molar-refractivity contribution in [1.82, 2.24) is 19.0 Å². The van der Waals surface area contributed by atoms with Crippen LogP contribution in [0.25, 0.3) is 16.7 Å². The Balaban J connectivity index is 1.51.